The van der Waals surface area contributed by atoms with E-state index in [1.165, 1.54) is 0 Å². The van der Waals surface area contributed by atoms with Crippen molar-refractivity contribution < 1.29 is 8.42 Å². The highest BCUT2D eigenvalue weighted by atomic mass is 32.2. The predicted molar refractivity (Wildman–Crippen MR) is 83.8 cm³/mol. The third-order valence-corrected chi connectivity index (χ3v) is 6.06. The lowest BCUT2D eigenvalue weighted by molar-refractivity contribution is 0.184. The second-order valence-electron chi connectivity index (χ2n) is 5.04. The van der Waals surface area contributed by atoms with Crippen LogP contribution in [0.4, 0.5) is 0 Å². The van der Waals surface area contributed by atoms with Crippen LogP contribution in [0, 0.1) is 0 Å². The number of hydrogen-bond donors (Lipinski definition) is 1. The molecule has 0 unspecified atom stereocenters. The summed E-state index contributed by atoms with van der Waals surface area (Å²) in [7, 11) is -3.37. The second-order valence-corrected chi connectivity index (χ2v) is 6.94. The highest BCUT2D eigenvalue weighted by Gasteiger charge is 2.38. The summed E-state index contributed by atoms with van der Waals surface area (Å²) in [5.41, 5.74) is 6.23. The molecule has 0 amide bonds. The van der Waals surface area contributed by atoms with Gasteiger partial charge in [0, 0.05) is 18.6 Å². The Labute approximate surface area is 123 Å². The van der Waals surface area contributed by atoms with Crippen molar-refractivity contribution in [2.75, 3.05) is 13.1 Å². The van der Waals surface area contributed by atoms with Crippen LogP contribution in [0.25, 0.3) is 0 Å². The fourth-order valence-corrected chi connectivity index (χ4v) is 4.77. The van der Waals surface area contributed by atoms with Gasteiger partial charge in [0.1, 0.15) is 0 Å². The Balaban J connectivity index is 3.09. The number of nitrogens with two attached hydrogens (primary N) is 1. The molecule has 0 bridgehead atoms. The molecule has 0 saturated carbocycles. The zero-order valence-electron chi connectivity index (χ0n) is 12.7. The Hall–Kier alpha value is -0.910. The van der Waals surface area contributed by atoms with Crippen molar-refractivity contribution in [1.29, 1.82) is 0 Å². The van der Waals surface area contributed by atoms with Gasteiger partial charge in [-0.25, -0.2) is 8.42 Å². The van der Waals surface area contributed by atoms with E-state index >= 15 is 0 Å². The van der Waals surface area contributed by atoms with Crippen molar-refractivity contribution in [1.82, 2.24) is 4.31 Å². The molecule has 0 aliphatic heterocycles. The second kappa shape index (κ2) is 7.20. The van der Waals surface area contributed by atoms with Gasteiger partial charge in [-0.1, -0.05) is 51.1 Å². The summed E-state index contributed by atoms with van der Waals surface area (Å²) in [4.78, 5) is 0. The van der Waals surface area contributed by atoms with Crippen molar-refractivity contribution in [2.24, 2.45) is 5.73 Å². The number of nitrogens with zero attached hydrogens (tertiary/aromatic N) is 1. The summed E-state index contributed by atoms with van der Waals surface area (Å²) in [6.07, 6.45) is 1.45. The molecule has 1 aromatic rings. The molecule has 0 aliphatic carbocycles. The van der Waals surface area contributed by atoms with Gasteiger partial charge in [0.05, 0.1) is 5.75 Å². The van der Waals surface area contributed by atoms with Gasteiger partial charge in [0.15, 0.2) is 0 Å². The highest BCUT2D eigenvalue weighted by Crippen LogP contribution is 2.27. The van der Waals surface area contributed by atoms with Gasteiger partial charge in [-0.15, -0.1) is 0 Å². The van der Waals surface area contributed by atoms with Crippen LogP contribution in [0.15, 0.2) is 30.3 Å². The summed E-state index contributed by atoms with van der Waals surface area (Å²) in [6.45, 7) is 6.67. The number of sulfonamides is 1. The van der Waals surface area contributed by atoms with Crippen LogP contribution in [0.2, 0.25) is 0 Å². The Bertz CT molecular complexity index is 488. The van der Waals surface area contributed by atoms with Gasteiger partial charge in [-0.2, -0.15) is 4.31 Å². The van der Waals surface area contributed by atoms with E-state index in [0.717, 1.165) is 18.4 Å². The van der Waals surface area contributed by atoms with Gasteiger partial charge in [0.2, 0.25) is 10.0 Å². The van der Waals surface area contributed by atoms with Gasteiger partial charge >= 0.3 is 0 Å². The summed E-state index contributed by atoms with van der Waals surface area (Å²) in [5, 5.41) is 0. The molecule has 0 heterocycles. The first-order valence-corrected chi connectivity index (χ1v) is 8.81. The van der Waals surface area contributed by atoms with Crippen LogP contribution in [0.5, 0.6) is 0 Å². The number of hydrogen-bond acceptors (Lipinski definition) is 3. The molecule has 0 spiro atoms. The molecular formula is C15H26N2O2S. The third kappa shape index (κ3) is 3.59. The lowest BCUT2D eigenvalue weighted by Crippen LogP contribution is -2.55. The van der Waals surface area contributed by atoms with Crippen molar-refractivity contribution in [3.05, 3.63) is 35.9 Å². The maximum Gasteiger partial charge on any atom is 0.218 e. The van der Waals surface area contributed by atoms with E-state index in [0.29, 0.717) is 13.1 Å². The van der Waals surface area contributed by atoms with Crippen molar-refractivity contribution in [3.63, 3.8) is 0 Å². The van der Waals surface area contributed by atoms with E-state index in [1.807, 2.05) is 51.1 Å². The van der Waals surface area contributed by atoms with E-state index in [9.17, 15) is 8.42 Å². The number of benzene rings is 1. The van der Waals surface area contributed by atoms with Gasteiger partial charge in [-0.3, -0.25) is 0 Å². The topological polar surface area (TPSA) is 63.4 Å². The maximum atomic E-state index is 12.7. The first-order chi connectivity index (χ1) is 9.45. The zero-order chi connectivity index (χ0) is 15.2. The van der Waals surface area contributed by atoms with Gasteiger partial charge in [0.25, 0.3) is 0 Å². The Morgan fingerprint density at radius 2 is 1.65 bits per heavy atom. The van der Waals surface area contributed by atoms with Crippen LogP contribution in [0.1, 0.15) is 39.2 Å². The molecule has 114 valence electrons. The number of rotatable bonds is 8. The van der Waals surface area contributed by atoms with Gasteiger partial charge in [-0.05, 0) is 18.4 Å². The smallest absolute Gasteiger partial charge is 0.218 e. The zero-order valence-corrected chi connectivity index (χ0v) is 13.5. The lowest BCUT2D eigenvalue weighted by atomic mass is 9.93. The molecule has 0 aliphatic rings. The van der Waals surface area contributed by atoms with E-state index in [2.05, 4.69) is 0 Å². The van der Waals surface area contributed by atoms with E-state index in [-0.39, 0.29) is 5.75 Å². The fourth-order valence-electron chi connectivity index (χ4n) is 2.68. The molecule has 0 aromatic heterocycles. The number of likely N-dealkylation sites (N-methyl/N-ethyl adjacent to an activating group) is 1. The van der Waals surface area contributed by atoms with Crippen molar-refractivity contribution in [3.8, 4) is 0 Å². The monoisotopic (exact) mass is 298 g/mol. The molecular weight excluding hydrogens is 272 g/mol. The Morgan fingerprint density at radius 3 is 2.05 bits per heavy atom. The maximum absolute atomic E-state index is 12.7. The molecule has 1 rings (SSSR count). The Morgan fingerprint density at radius 1 is 1.10 bits per heavy atom. The van der Waals surface area contributed by atoms with Crippen LogP contribution in [-0.4, -0.2) is 31.4 Å². The van der Waals surface area contributed by atoms with Crippen LogP contribution in [0.3, 0.4) is 0 Å². The Kier molecular flexibility index (Phi) is 6.17. The summed E-state index contributed by atoms with van der Waals surface area (Å²) >= 11 is 0. The minimum atomic E-state index is -3.37. The SMILES string of the molecule is CCN(C(CC)(CC)CN)S(=O)(=O)Cc1ccccc1. The predicted octanol–water partition coefficient (Wildman–Crippen LogP) is 2.36. The summed E-state index contributed by atoms with van der Waals surface area (Å²) < 4.78 is 27.0. The highest BCUT2D eigenvalue weighted by molar-refractivity contribution is 7.88. The first-order valence-electron chi connectivity index (χ1n) is 7.20. The fraction of sp³-hybridized carbons (Fsp3) is 0.600. The molecule has 2 N–H and O–H groups in total. The molecule has 0 atom stereocenters. The molecule has 1 aromatic carbocycles. The standard InChI is InChI=1S/C15H26N2O2S/c1-4-15(5-2,13-16)17(6-3)20(18,19)12-14-10-8-7-9-11-14/h7-11H,4-6,12-13,16H2,1-3H3. The molecule has 0 saturated heterocycles. The van der Waals surface area contributed by atoms with Crippen LogP contribution in [-0.2, 0) is 15.8 Å². The van der Waals surface area contributed by atoms with Crippen LogP contribution >= 0.6 is 0 Å². The largest absolute Gasteiger partial charge is 0.329 e. The summed E-state index contributed by atoms with van der Waals surface area (Å²) in [5.74, 6) is 0.0312. The van der Waals surface area contributed by atoms with E-state index in [4.69, 9.17) is 5.73 Å². The minimum absolute atomic E-state index is 0.0312. The first kappa shape index (κ1) is 17.1. The normalized spacial score (nSPS) is 12.8. The third-order valence-electron chi connectivity index (χ3n) is 4.04. The molecule has 0 fully saturated rings. The quantitative estimate of drug-likeness (QED) is 0.801. The van der Waals surface area contributed by atoms with E-state index in [1.54, 1.807) is 4.31 Å². The molecule has 0 radical (unpaired) electrons. The molecule has 5 heteroatoms. The van der Waals surface area contributed by atoms with E-state index < -0.39 is 15.6 Å². The molecule has 20 heavy (non-hydrogen) atoms. The molecule has 4 nitrogen and oxygen atoms in total. The van der Waals surface area contributed by atoms with Crippen molar-refractivity contribution >= 4 is 10.0 Å². The average Bonchev–Trinajstić information content (AvgIpc) is 2.45. The van der Waals surface area contributed by atoms with Crippen LogP contribution < -0.4 is 5.73 Å². The van der Waals surface area contributed by atoms with Gasteiger partial charge < -0.3 is 5.73 Å². The lowest BCUT2D eigenvalue weighted by Gasteiger charge is -2.40. The minimum Gasteiger partial charge on any atom is -0.329 e. The average molecular weight is 298 g/mol. The summed E-state index contributed by atoms with van der Waals surface area (Å²) in [6, 6.07) is 9.28. The van der Waals surface area contributed by atoms with Crippen molar-refractivity contribution in [2.45, 2.75) is 44.9 Å².